The van der Waals surface area contributed by atoms with Gasteiger partial charge in [0.25, 0.3) is 5.56 Å². The van der Waals surface area contributed by atoms with Crippen molar-refractivity contribution in [2.75, 3.05) is 6.61 Å². The van der Waals surface area contributed by atoms with Crippen molar-refractivity contribution in [2.45, 2.75) is 51.5 Å². The molecule has 1 N–H and O–H groups in total. The minimum absolute atomic E-state index is 0.155. The lowest BCUT2D eigenvalue weighted by atomic mass is 9.95. The Bertz CT molecular complexity index is 958. The smallest absolute Gasteiger partial charge is 0.252 e. The Morgan fingerprint density at radius 2 is 2.07 bits per heavy atom. The molecule has 3 aromatic rings. The van der Waals surface area contributed by atoms with Crippen LogP contribution in [-0.4, -0.2) is 31.8 Å². The molecular weight excluding hydrogens is 342 g/mol. The molecule has 4 rings (SSSR count). The predicted molar refractivity (Wildman–Crippen MR) is 103 cm³/mol. The highest BCUT2D eigenvalue weighted by atomic mass is 16.5. The summed E-state index contributed by atoms with van der Waals surface area (Å²) in [5.41, 5.74) is 0.631. The highest BCUT2D eigenvalue weighted by Gasteiger charge is 2.21. The fraction of sp³-hybridized carbons (Fsp3) is 0.500. The van der Waals surface area contributed by atoms with E-state index in [2.05, 4.69) is 27.4 Å². The summed E-state index contributed by atoms with van der Waals surface area (Å²) in [5, 5.41) is 13.3. The van der Waals surface area contributed by atoms with Crippen LogP contribution in [0, 0.1) is 5.92 Å². The largest absolute Gasteiger partial charge is 0.492 e. The number of para-hydroxylation sites is 1. The topological polar surface area (TPSA) is 85.7 Å². The van der Waals surface area contributed by atoms with Crippen LogP contribution in [-0.2, 0) is 6.42 Å². The van der Waals surface area contributed by atoms with Crippen molar-refractivity contribution >= 4 is 10.9 Å². The number of nitrogens with one attached hydrogen (secondary N) is 1. The second kappa shape index (κ2) is 7.90. The maximum atomic E-state index is 11.9. The van der Waals surface area contributed by atoms with Crippen molar-refractivity contribution in [3.05, 3.63) is 46.5 Å². The first-order chi connectivity index (χ1) is 13.2. The van der Waals surface area contributed by atoms with E-state index in [1.807, 2.05) is 28.9 Å². The van der Waals surface area contributed by atoms with Gasteiger partial charge in [0.1, 0.15) is 5.75 Å². The Morgan fingerprint density at radius 3 is 2.93 bits per heavy atom. The normalized spacial score (nSPS) is 16.5. The van der Waals surface area contributed by atoms with E-state index in [1.54, 1.807) is 0 Å². The number of ether oxygens (including phenoxy) is 1. The number of rotatable bonds is 6. The van der Waals surface area contributed by atoms with Gasteiger partial charge < -0.3 is 9.72 Å². The zero-order valence-electron chi connectivity index (χ0n) is 15.6. The molecular formula is C20H25N5O2. The third-order valence-corrected chi connectivity index (χ3v) is 5.25. The standard InChI is InChI=1S/C20H25N5O2/c1-14(11-19-22-23-24-25(19)15-7-3-2-4-8-15)13-27-18-12-20(26)21-17-10-6-5-9-16(17)18/h5-6,9-10,12,14-15H,2-4,7-8,11,13H2,1H3,(H,21,26). The van der Waals surface area contributed by atoms with Crippen LogP contribution in [0.5, 0.6) is 5.75 Å². The third kappa shape index (κ3) is 4.02. The molecule has 0 saturated heterocycles. The lowest BCUT2D eigenvalue weighted by molar-refractivity contribution is 0.253. The highest BCUT2D eigenvalue weighted by molar-refractivity contribution is 5.84. The van der Waals surface area contributed by atoms with Gasteiger partial charge >= 0.3 is 0 Å². The first-order valence-electron chi connectivity index (χ1n) is 9.72. The highest BCUT2D eigenvalue weighted by Crippen LogP contribution is 2.28. The number of aromatic nitrogens is 5. The van der Waals surface area contributed by atoms with E-state index in [0.717, 1.165) is 36.0 Å². The number of H-pyrrole nitrogens is 1. The van der Waals surface area contributed by atoms with Crippen LogP contribution < -0.4 is 10.3 Å². The van der Waals surface area contributed by atoms with Gasteiger partial charge in [-0.15, -0.1) is 5.10 Å². The molecule has 2 aromatic heterocycles. The molecule has 1 aromatic carbocycles. The second-order valence-electron chi connectivity index (χ2n) is 7.50. The predicted octanol–water partition coefficient (Wildman–Crippen LogP) is 3.28. The molecule has 0 radical (unpaired) electrons. The van der Waals surface area contributed by atoms with Crippen molar-refractivity contribution in [2.24, 2.45) is 5.92 Å². The van der Waals surface area contributed by atoms with Crippen LogP contribution in [0.1, 0.15) is 50.9 Å². The van der Waals surface area contributed by atoms with Crippen LogP contribution in [0.3, 0.4) is 0 Å². The first kappa shape index (κ1) is 17.7. The minimum Gasteiger partial charge on any atom is -0.492 e. The molecule has 1 unspecified atom stereocenters. The van der Waals surface area contributed by atoms with Crippen LogP contribution in [0.2, 0.25) is 0 Å². The van der Waals surface area contributed by atoms with Crippen LogP contribution >= 0.6 is 0 Å². The molecule has 27 heavy (non-hydrogen) atoms. The molecule has 7 heteroatoms. The van der Waals surface area contributed by atoms with Gasteiger partial charge in [0.05, 0.1) is 18.2 Å². The molecule has 1 aliphatic carbocycles. The zero-order valence-corrected chi connectivity index (χ0v) is 15.6. The Balaban J connectivity index is 1.43. The Morgan fingerprint density at radius 1 is 1.26 bits per heavy atom. The summed E-state index contributed by atoms with van der Waals surface area (Å²) in [6, 6.07) is 9.61. The fourth-order valence-corrected chi connectivity index (χ4v) is 3.85. The number of fused-ring (bicyclic) bond motifs is 1. The van der Waals surface area contributed by atoms with Crippen molar-refractivity contribution < 1.29 is 4.74 Å². The number of benzene rings is 1. The molecule has 0 aliphatic heterocycles. The molecule has 1 fully saturated rings. The number of aromatic amines is 1. The average molecular weight is 367 g/mol. The molecule has 0 bridgehead atoms. The van der Waals surface area contributed by atoms with E-state index in [9.17, 15) is 4.79 Å². The summed E-state index contributed by atoms with van der Waals surface area (Å²) in [4.78, 5) is 14.7. The summed E-state index contributed by atoms with van der Waals surface area (Å²) < 4.78 is 8.01. The van der Waals surface area contributed by atoms with E-state index >= 15 is 0 Å². The van der Waals surface area contributed by atoms with Gasteiger partial charge in [-0.25, -0.2) is 4.68 Å². The van der Waals surface area contributed by atoms with Gasteiger partial charge in [-0.05, 0) is 41.3 Å². The second-order valence-corrected chi connectivity index (χ2v) is 7.50. The maximum Gasteiger partial charge on any atom is 0.252 e. The molecule has 142 valence electrons. The monoisotopic (exact) mass is 367 g/mol. The van der Waals surface area contributed by atoms with Gasteiger partial charge in [-0.1, -0.05) is 38.3 Å². The minimum atomic E-state index is -0.155. The molecule has 0 amide bonds. The zero-order chi connectivity index (χ0) is 18.6. The fourth-order valence-electron chi connectivity index (χ4n) is 3.85. The van der Waals surface area contributed by atoms with E-state index in [-0.39, 0.29) is 11.5 Å². The van der Waals surface area contributed by atoms with E-state index < -0.39 is 0 Å². The Hall–Kier alpha value is -2.70. The van der Waals surface area contributed by atoms with Crippen molar-refractivity contribution in [3.63, 3.8) is 0 Å². The summed E-state index contributed by atoms with van der Waals surface area (Å²) >= 11 is 0. The van der Waals surface area contributed by atoms with E-state index in [1.165, 1.54) is 25.3 Å². The lowest BCUT2D eigenvalue weighted by Gasteiger charge is -2.23. The number of pyridine rings is 1. The molecule has 1 atom stereocenters. The molecule has 1 saturated carbocycles. The summed E-state index contributed by atoms with van der Waals surface area (Å²) in [5.74, 6) is 1.78. The lowest BCUT2D eigenvalue weighted by Crippen LogP contribution is -2.20. The summed E-state index contributed by atoms with van der Waals surface area (Å²) in [6.45, 7) is 2.63. The average Bonchev–Trinajstić information content (AvgIpc) is 3.14. The number of hydrogen-bond donors (Lipinski definition) is 1. The summed E-state index contributed by atoms with van der Waals surface area (Å²) in [7, 11) is 0. The van der Waals surface area contributed by atoms with Gasteiger partial charge in [0.15, 0.2) is 5.82 Å². The van der Waals surface area contributed by atoms with Crippen LogP contribution in [0.4, 0.5) is 0 Å². The quantitative estimate of drug-likeness (QED) is 0.723. The molecule has 2 heterocycles. The van der Waals surface area contributed by atoms with E-state index in [4.69, 9.17) is 4.74 Å². The first-order valence-corrected chi connectivity index (χ1v) is 9.72. The number of tetrazole rings is 1. The van der Waals surface area contributed by atoms with Crippen molar-refractivity contribution in [1.29, 1.82) is 0 Å². The Kier molecular flexibility index (Phi) is 5.18. The van der Waals surface area contributed by atoms with Crippen LogP contribution in [0.15, 0.2) is 35.1 Å². The van der Waals surface area contributed by atoms with Gasteiger partial charge in [-0.3, -0.25) is 4.79 Å². The van der Waals surface area contributed by atoms with Crippen LogP contribution in [0.25, 0.3) is 10.9 Å². The molecule has 1 aliphatic rings. The van der Waals surface area contributed by atoms with Gasteiger partial charge in [-0.2, -0.15) is 0 Å². The van der Waals surface area contributed by atoms with Gasteiger partial charge in [0.2, 0.25) is 0 Å². The Labute approximate surface area is 157 Å². The van der Waals surface area contributed by atoms with Crippen molar-refractivity contribution in [3.8, 4) is 5.75 Å². The SMILES string of the molecule is CC(COc1cc(=O)[nH]c2ccccc12)Cc1nnnn1C1CCCCC1. The van der Waals surface area contributed by atoms with Crippen molar-refractivity contribution in [1.82, 2.24) is 25.2 Å². The third-order valence-electron chi connectivity index (χ3n) is 5.25. The molecule has 0 spiro atoms. The maximum absolute atomic E-state index is 11.9. The van der Waals surface area contributed by atoms with E-state index in [0.29, 0.717) is 18.4 Å². The molecule has 7 nitrogen and oxygen atoms in total. The number of nitrogens with zero attached hydrogens (tertiary/aromatic N) is 4. The summed E-state index contributed by atoms with van der Waals surface area (Å²) in [6.07, 6.45) is 6.87. The van der Waals surface area contributed by atoms with Gasteiger partial charge in [0, 0.05) is 17.9 Å². The number of hydrogen-bond acceptors (Lipinski definition) is 5.